The molecule has 0 atom stereocenters. The monoisotopic (exact) mass is 405 g/mol. The van der Waals surface area contributed by atoms with Crippen molar-refractivity contribution < 1.29 is 17.9 Å². The highest BCUT2D eigenvalue weighted by Crippen LogP contribution is 2.29. The lowest BCUT2D eigenvalue weighted by atomic mass is 10.2. The molecule has 0 bridgehead atoms. The third-order valence-corrected chi connectivity index (χ3v) is 6.44. The van der Waals surface area contributed by atoms with E-state index in [4.69, 9.17) is 4.74 Å². The van der Waals surface area contributed by atoms with Crippen molar-refractivity contribution in [1.29, 1.82) is 0 Å². The van der Waals surface area contributed by atoms with Gasteiger partial charge in [-0.15, -0.1) is 0 Å². The number of methoxy groups -OCH3 is 1. The number of sulfonamides is 1. The van der Waals surface area contributed by atoms with Crippen LogP contribution in [-0.4, -0.2) is 52.9 Å². The minimum Gasteiger partial charge on any atom is -0.497 e. The molecule has 0 unspecified atom stereocenters. The van der Waals surface area contributed by atoms with Crippen LogP contribution in [-0.2, 0) is 10.0 Å². The number of hydrogen-bond donors (Lipinski definition) is 1. The summed E-state index contributed by atoms with van der Waals surface area (Å²) in [7, 11) is 1.59. The van der Waals surface area contributed by atoms with Crippen molar-refractivity contribution in [3.63, 3.8) is 0 Å². The van der Waals surface area contributed by atoms with Gasteiger partial charge in [-0.3, -0.25) is 4.79 Å². The van der Waals surface area contributed by atoms with Crippen molar-refractivity contribution in [1.82, 2.24) is 4.31 Å². The van der Waals surface area contributed by atoms with Gasteiger partial charge in [0, 0.05) is 32.7 Å². The normalized spacial score (nSPS) is 11.4. The van der Waals surface area contributed by atoms with Crippen LogP contribution in [0.25, 0.3) is 0 Å². The van der Waals surface area contributed by atoms with E-state index in [0.717, 1.165) is 0 Å². The lowest BCUT2D eigenvalue weighted by molar-refractivity contribution is 0.102. The number of ether oxygens (including phenoxy) is 1. The van der Waals surface area contributed by atoms with Crippen LogP contribution in [0.2, 0.25) is 0 Å². The van der Waals surface area contributed by atoms with Gasteiger partial charge in [0.15, 0.2) is 0 Å². The summed E-state index contributed by atoms with van der Waals surface area (Å²) in [5, 5.41) is 2.83. The molecule has 1 N–H and O–H groups in total. The minimum absolute atomic E-state index is 0.145. The van der Waals surface area contributed by atoms with Crippen molar-refractivity contribution in [2.75, 3.05) is 44.5 Å². The number of nitrogens with one attached hydrogen (secondary N) is 1. The first kappa shape index (κ1) is 21.7. The number of carbonyl (C=O) groups is 1. The number of benzene rings is 2. The van der Waals surface area contributed by atoms with Crippen LogP contribution in [0, 0.1) is 0 Å². The maximum atomic E-state index is 12.8. The van der Waals surface area contributed by atoms with E-state index in [1.165, 1.54) is 10.4 Å². The zero-order chi connectivity index (χ0) is 20.9. The number of hydrogen-bond acceptors (Lipinski definition) is 5. The fourth-order valence-corrected chi connectivity index (χ4v) is 4.30. The Bertz CT molecular complexity index is 921. The lowest BCUT2D eigenvalue weighted by Crippen LogP contribution is -2.30. The first-order valence-electron chi connectivity index (χ1n) is 9.01. The van der Waals surface area contributed by atoms with Crippen molar-refractivity contribution in [3.8, 4) is 5.75 Å². The number of nitrogens with zero attached hydrogens (tertiary/aromatic N) is 2. The lowest BCUT2D eigenvalue weighted by Gasteiger charge is -2.22. The summed E-state index contributed by atoms with van der Waals surface area (Å²) >= 11 is 0. The maximum absolute atomic E-state index is 12.8. The first-order chi connectivity index (χ1) is 13.2. The number of rotatable bonds is 8. The van der Waals surface area contributed by atoms with Gasteiger partial charge in [-0.05, 0) is 42.5 Å². The predicted octanol–water partition coefficient (Wildman–Crippen LogP) is 3.04. The summed E-state index contributed by atoms with van der Waals surface area (Å²) in [6.07, 6.45) is 0. The van der Waals surface area contributed by atoms with Gasteiger partial charge < -0.3 is 15.0 Å². The van der Waals surface area contributed by atoms with Gasteiger partial charge in [0.1, 0.15) is 5.75 Å². The van der Waals surface area contributed by atoms with E-state index in [2.05, 4.69) is 5.32 Å². The first-order valence-corrected chi connectivity index (χ1v) is 10.5. The van der Waals surface area contributed by atoms with E-state index in [9.17, 15) is 13.2 Å². The summed E-state index contributed by atoms with van der Waals surface area (Å²) in [5.41, 5.74) is 1.59. The molecule has 7 nitrogen and oxygen atoms in total. The molecule has 0 spiro atoms. The average Bonchev–Trinajstić information content (AvgIpc) is 2.68. The van der Waals surface area contributed by atoms with Crippen molar-refractivity contribution in [3.05, 3.63) is 48.0 Å². The van der Waals surface area contributed by atoms with Crippen LogP contribution in [0.15, 0.2) is 47.4 Å². The Morgan fingerprint density at radius 2 is 1.64 bits per heavy atom. The van der Waals surface area contributed by atoms with E-state index in [-0.39, 0.29) is 10.8 Å². The van der Waals surface area contributed by atoms with E-state index in [1.54, 1.807) is 57.4 Å². The smallest absolute Gasteiger partial charge is 0.255 e. The Hall–Kier alpha value is -2.58. The number of carbonyl (C=O) groups excluding carboxylic acids is 1. The third-order valence-electron chi connectivity index (χ3n) is 4.39. The predicted molar refractivity (Wildman–Crippen MR) is 112 cm³/mol. The van der Waals surface area contributed by atoms with E-state index in [0.29, 0.717) is 35.8 Å². The molecule has 8 heteroatoms. The summed E-state index contributed by atoms with van der Waals surface area (Å²) < 4.78 is 32.2. The summed E-state index contributed by atoms with van der Waals surface area (Å²) in [4.78, 5) is 14.6. The molecule has 2 rings (SSSR count). The van der Waals surface area contributed by atoms with Crippen molar-refractivity contribution in [2.24, 2.45) is 0 Å². The largest absolute Gasteiger partial charge is 0.497 e. The molecule has 0 aliphatic heterocycles. The fourth-order valence-electron chi connectivity index (χ4n) is 2.82. The molecule has 28 heavy (non-hydrogen) atoms. The molecule has 1 amide bonds. The summed E-state index contributed by atoms with van der Waals surface area (Å²) in [5.74, 6) is 0.320. The highest BCUT2D eigenvalue weighted by atomic mass is 32.2. The third kappa shape index (κ3) is 4.63. The summed E-state index contributed by atoms with van der Waals surface area (Å²) in [6.45, 7) is 4.34. The van der Waals surface area contributed by atoms with Crippen LogP contribution in [0.4, 0.5) is 11.4 Å². The van der Waals surface area contributed by atoms with Gasteiger partial charge in [0.2, 0.25) is 10.0 Å². The summed E-state index contributed by atoms with van der Waals surface area (Å²) in [6, 6.07) is 11.5. The molecule has 0 radical (unpaired) electrons. The Morgan fingerprint density at radius 3 is 2.14 bits per heavy atom. The minimum atomic E-state index is -3.63. The van der Waals surface area contributed by atoms with Crippen molar-refractivity contribution >= 4 is 27.3 Å². The Labute approximate surface area is 167 Å². The molecule has 2 aromatic rings. The molecule has 0 saturated carbocycles. The van der Waals surface area contributed by atoms with Crippen molar-refractivity contribution in [2.45, 2.75) is 18.7 Å². The number of amides is 1. The molecule has 0 fully saturated rings. The van der Waals surface area contributed by atoms with E-state index in [1.807, 2.05) is 19.0 Å². The zero-order valence-electron chi connectivity index (χ0n) is 16.9. The van der Waals surface area contributed by atoms with Crippen LogP contribution in [0.5, 0.6) is 5.75 Å². The fraction of sp³-hybridized carbons (Fsp3) is 0.350. The van der Waals surface area contributed by atoms with Gasteiger partial charge in [-0.2, -0.15) is 4.31 Å². The average molecular weight is 406 g/mol. The Kier molecular flexibility index (Phi) is 7.04. The molecule has 0 aromatic heterocycles. The van der Waals surface area contributed by atoms with Gasteiger partial charge in [-0.1, -0.05) is 13.8 Å². The molecule has 0 heterocycles. The SMILES string of the molecule is CCN(CC)S(=O)(=O)c1ccc(N(C)C)c(NC(=O)c2ccc(OC)cc2)c1. The van der Waals surface area contributed by atoms with Gasteiger partial charge >= 0.3 is 0 Å². The molecule has 0 aliphatic carbocycles. The molecular formula is C20H27N3O4S. The van der Waals surface area contributed by atoms with Crippen LogP contribution < -0.4 is 15.0 Å². The molecule has 0 aliphatic rings. The quantitative estimate of drug-likeness (QED) is 0.730. The second kappa shape index (κ2) is 9.07. The highest BCUT2D eigenvalue weighted by Gasteiger charge is 2.23. The molecule has 2 aromatic carbocycles. The second-order valence-electron chi connectivity index (χ2n) is 6.35. The maximum Gasteiger partial charge on any atom is 0.255 e. The topological polar surface area (TPSA) is 79.0 Å². The van der Waals surface area contributed by atoms with Crippen LogP contribution >= 0.6 is 0 Å². The van der Waals surface area contributed by atoms with Gasteiger partial charge in [0.25, 0.3) is 5.91 Å². The zero-order valence-corrected chi connectivity index (χ0v) is 17.7. The van der Waals surface area contributed by atoms with Crippen LogP contribution in [0.1, 0.15) is 24.2 Å². The molecule has 152 valence electrons. The molecular weight excluding hydrogens is 378 g/mol. The highest BCUT2D eigenvalue weighted by molar-refractivity contribution is 7.89. The standard InChI is InChI=1S/C20H27N3O4S/c1-6-23(7-2)28(25,26)17-12-13-19(22(3)4)18(14-17)21-20(24)15-8-10-16(27-5)11-9-15/h8-14H,6-7H2,1-5H3,(H,21,24). The van der Waals surface area contributed by atoms with Gasteiger partial charge in [0.05, 0.1) is 23.4 Å². The van der Waals surface area contributed by atoms with Gasteiger partial charge in [-0.25, -0.2) is 8.42 Å². The Balaban J connectivity index is 2.42. The second-order valence-corrected chi connectivity index (χ2v) is 8.28. The number of anilines is 2. The van der Waals surface area contributed by atoms with E-state index < -0.39 is 10.0 Å². The van der Waals surface area contributed by atoms with E-state index >= 15 is 0 Å². The van der Waals surface area contributed by atoms with Crippen LogP contribution in [0.3, 0.4) is 0 Å². The molecule has 0 saturated heterocycles. The Morgan fingerprint density at radius 1 is 1.04 bits per heavy atom.